The zero-order chi connectivity index (χ0) is 11.3. The summed E-state index contributed by atoms with van der Waals surface area (Å²) in [6.45, 7) is 1.92. The summed E-state index contributed by atoms with van der Waals surface area (Å²) in [4.78, 5) is 10.0. The predicted molar refractivity (Wildman–Crippen MR) is 59.7 cm³/mol. The normalized spacial score (nSPS) is 8.93. The van der Waals surface area contributed by atoms with Gasteiger partial charge in [-0.3, -0.25) is 10.1 Å². The predicted octanol–water partition coefficient (Wildman–Crippen LogP) is 2.76. The van der Waals surface area contributed by atoms with E-state index in [4.69, 9.17) is 4.74 Å². The van der Waals surface area contributed by atoms with Crippen LogP contribution in [0.25, 0.3) is 0 Å². The number of halogens is 1. The molecule has 0 amide bonds. The van der Waals surface area contributed by atoms with Gasteiger partial charge in [0.15, 0.2) is 0 Å². The van der Waals surface area contributed by atoms with Gasteiger partial charge in [-0.2, -0.15) is 0 Å². The first-order valence-electron chi connectivity index (χ1n) is 4.11. The van der Waals surface area contributed by atoms with Crippen molar-refractivity contribution in [1.82, 2.24) is 0 Å². The number of hydrogen-bond acceptors (Lipinski definition) is 3. The quantitative estimate of drug-likeness (QED) is 0.482. The van der Waals surface area contributed by atoms with Crippen molar-refractivity contribution in [2.75, 3.05) is 6.61 Å². The topological polar surface area (TPSA) is 52.4 Å². The molecule has 15 heavy (non-hydrogen) atoms. The van der Waals surface area contributed by atoms with E-state index in [1.165, 1.54) is 12.1 Å². The molecular formula is C10H8BrNO3. The summed E-state index contributed by atoms with van der Waals surface area (Å²) in [5.74, 6) is 5.80. The Morgan fingerprint density at radius 3 is 2.93 bits per heavy atom. The Hall–Kier alpha value is -1.54. The minimum absolute atomic E-state index is 0.00217. The lowest BCUT2D eigenvalue weighted by Crippen LogP contribution is -1.96. The molecule has 0 aromatic heterocycles. The second-order valence-corrected chi connectivity index (χ2v) is 3.44. The molecule has 0 unspecified atom stereocenters. The van der Waals surface area contributed by atoms with Crippen molar-refractivity contribution in [1.29, 1.82) is 0 Å². The van der Waals surface area contributed by atoms with Gasteiger partial charge in [-0.15, -0.1) is 5.92 Å². The summed E-state index contributed by atoms with van der Waals surface area (Å²) in [6, 6.07) is 4.34. The van der Waals surface area contributed by atoms with Crippen LogP contribution in [0.2, 0.25) is 0 Å². The SMILES string of the molecule is CC#CCOc1cc([N+](=O)[O-])ccc1Br. The second kappa shape index (κ2) is 5.37. The van der Waals surface area contributed by atoms with Crippen molar-refractivity contribution in [2.24, 2.45) is 0 Å². The molecule has 0 saturated carbocycles. The van der Waals surface area contributed by atoms with Crippen LogP contribution in [-0.4, -0.2) is 11.5 Å². The maximum absolute atomic E-state index is 10.5. The van der Waals surface area contributed by atoms with Crippen molar-refractivity contribution in [3.05, 3.63) is 32.8 Å². The highest BCUT2D eigenvalue weighted by molar-refractivity contribution is 9.10. The Kier molecular flexibility index (Phi) is 4.13. The third-order valence-electron chi connectivity index (χ3n) is 1.60. The monoisotopic (exact) mass is 269 g/mol. The molecular weight excluding hydrogens is 262 g/mol. The van der Waals surface area contributed by atoms with E-state index in [0.717, 1.165) is 0 Å². The van der Waals surface area contributed by atoms with Gasteiger partial charge in [0.25, 0.3) is 5.69 Å². The van der Waals surface area contributed by atoms with Crippen molar-refractivity contribution in [2.45, 2.75) is 6.92 Å². The van der Waals surface area contributed by atoms with Gasteiger partial charge in [0.1, 0.15) is 12.4 Å². The van der Waals surface area contributed by atoms with E-state index in [-0.39, 0.29) is 12.3 Å². The van der Waals surface area contributed by atoms with E-state index in [9.17, 15) is 10.1 Å². The molecule has 78 valence electrons. The minimum atomic E-state index is -0.467. The molecule has 0 radical (unpaired) electrons. The number of nitro groups is 1. The highest BCUT2D eigenvalue weighted by Gasteiger charge is 2.09. The number of ether oxygens (including phenoxy) is 1. The van der Waals surface area contributed by atoms with Gasteiger partial charge < -0.3 is 4.74 Å². The Labute approximate surface area is 95.5 Å². The molecule has 0 aliphatic carbocycles. The Morgan fingerprint density at radius 1 is 1.60 bits per heavy atom. The average molecular weight is 270 g/mol. The summed E-state index contributed by atoms with van der Waals surface area (Å²) < 4.78 is 5.92. The number of benzene rings is 1. The van der Waals surface area contributed by atoms with Gasteiger partial charge >= 0.3 is 0 Å². The third-order valence-corrected chi connectivity index (χ3v) is 2.26. The molecule has 1 rings (SSSR count). The van der Waals surface area contributed by atoms with E-state index in [1.54, 1.807) is 13.0 Å². The fourth-order valence-electron chi connectivity index (χ4n) is 0.902. The summed E-state index contributed by atoms with van der Waals surface area (Å²) in [6.07, 6.45) is 0. The molecule has 0 atom stereocenters. The van der Waals surface area contributed by atoms with E-state index >= 15 is 0 Å². The van der Waals surface area contributed by atoms with Crippen LogP contribution in [0.5, 0.6) is 5.75 Å². The van der Waals surface area contributed by atoms with E-state index < -0.39 is 4.92 Å². The largest absolute Gasteiger partial charge is 0.479 e. The molecule has 5 heteroatoms. The lowest BCUT2D eigenvalue weighted by atomic mass is 10.3. The Bertz CT molecular complexity index is 434. The maximum atomic E-state index is 10.5. The lowest BCUT2D eigenvalue weighted by molar-refractivity contribution is -0.384. The molecule has 0 aliphatic rings. The fourth-order valence-corrected chi connectivity index (χ4v) is 1.26. The summed E-state index contributed by atoms with van der Waals surface area (Å²) in [7, 11) is 0. The zero-order valence-corrected chi connectivity index (χ0v) is 9.58. The average Bonchev–Trinajstić information content (AvgIpc) is 2.20. The smallest absolute Gasteiger partial charge is 0.273 e. The molecule has 4 nitrogen and oxygen atoms in total. The second-order valence-electron chi connectivity index (χ2n) is 2.59. The van der Waals surface area contributed by atoms with E-state index in [2.05, 4.69) is 27.8 Å². The maximum Gasteiger partial charge on any atom is 0.273 e. The number of hydrogen-bond donors (Lipinski definition) is 0. The molecule has 0 spiro atoms. The lowest BCUT2D eigenvalue weighted by Gasteiger charge is -2.03. The molecule has 0 fully saturated rings. The van der Waals surface area contributed by atoms with Gasteiger partial charge in [-0.1, -0.05) is 5.92 Å². The molecule has 0 aliphatic heterocycles. The number of non-ortho nitro benzene ring substituents is 1. The zero-order valence-electron chi connectivity index (χ0n) is 7.99. The van der Waals surface area contributed by atoms with Crippen LogP contribution >= 0.6 is 15.9 Å². The van der Waals surface area contributed by atoms with Gasteiger partial charge in [0, 0.05) is 6.07 Å². The minimum Gasteiger partial charge on any atom is -0.479 e. The fraction of sp³-hybridized carbons (Fsp3) is 0.200. The first-order valence-corrected chi connectivity index (χ1v) is 4.91. The Balaban J connectivity index is 2.88. The van der Waals surface area contributed by atoms with Crippen LogP contribution in [0.3, 0.4) is 0 Å². The van der Waals surface area contributed by atoms with E-state index in [1.807, 2.05) is 0 Å². The first-order chi connectivity index (χ1) is 7.15. The van der Waals surface area contributed by atoms with Crippen LogP contribution in [0, 0.1) is 22.0 Å². The van der Waals surface area contributed by atoms with Crippen LogP contribution in [0.15, 0.2) is 22.7 Å². The van der Waals surface area contributed by atoms with Gasteiger partial charge in [0.05, 0.1) is 15.5 Å². The third kappa shape index (κ3) is 3.26. The summed E-state index contributed by atoms with van der Waals surface area (Å²) >= 11 is 3.24. The molecule has 1 aromatic carbocycles. The van der Waals surface area contributed by atoms with E-state index in [0.29, 0.717) is 10.2 Å². The van der Waals surface area contributed by atoms with Crippen molar-refractivity contribution in [3.63, 3.8) is 0 Å². The van der Waals surface area contributed by atoms with Gasteiger partial charge in [-0.05, 0) is 28.9 Å². The van der Waals surface area contributed by atoms with Crippen molar-refractivity contribution < 1.29 is 9.66 Å². The van der Waals surface area contributed by atoms with Crippen molar-refractivity contribution >= 4 is 21.6 Å². The standard InChI is InChI=1S/C10H8BrNO3/c1-2-3-6-15-10-7-8(12(13)14)4-5-9(10)11/h4-5,7H,6H2,1H3. The van der Waals surface area contributed by atoms with Crippen LogP contribution in [-0.2, 0) is 0 Å². The molecule has 0 bridgehead atoms. The van der Waals surface area contributed by atoms with Crippen LogP contribution in [0.1, 0.15) is 6.92 Å². The van der Waals surface area contributed by atoms with Gasteiger partial charge in [0.2, 0.25) is 0 Å². The van der Waals surface area contributed by atoms with Crippen molar-refractivity contribution in [3.8, 4) is 17.6 Å². The first kappa shape index (κ1) is 11.5. The summed E-state index contributed by atoms with van der Waals surface area (Å²) in [5.41, 5.74) is -0.00217. The number of nitrogens with zero attached hydrogens (tertiary/aromatic N) is 1. The van der Waals surface area contributed by atoms with Crippen LogP contribution < -0.4 is 4.74 Å². The Morgan fingerprint density at radius 2 is 2.33 bits per heavy atom. The number of rotatable bonds is 3. The molecule has 1 aromatic rings. The highest BCUT2D eigenvalue weighted by Crippen LogP contribution is 2.28. The van der Waals surface area contributed by atoms with Crippen LogP contribution in [0.4, 0.5) is 5.69 Å². The molecule has 0 N–H and O–H groups in total. The molecule has 0 heterocycles. The summed E-state index contributed by atoms with van der Waals surface area (Å²) in [5, 5.41) is 10.5. The number of nitro benzene ring substituents is 1. The van der Waals surface area contributed by atoms with Gasteiger partial charge in [-0.25, -0.2) is 0 Å². The highest BCUT2D eigenvalue weighted by atomic mass is 79.9. The molecule has 0 saturated heterocycles.